The first kappa shape index (κ1) is 24.4. The molecule has 10 heteroatoms. The first-order valence-electron chi connectivity index (χ1n) is 9.10. The Morgan fingerprint density at radius 2 is 1.80 bits per heavy atom. The summed E-state index contributed by atoms with van der Waals surface area (Å²) in [5.74, 6) is -1.33. The number of carboxylic acid groups (broad SMARTS) is 1. The summed E-state index contributed by atoms with van der Waals surface area (Å²) >= 11 is 0. The summed E-state index contributed by atoms with van der Waals surface area (Å²) in [6.07, 6.45) is 0.689. The summed E-state index contributed by atoms with van der Waals surface area (Å²) in [7, 11) is -3.61. The van der Waals surface area contributed by atoms with Crippen LogP contribution in [0.4, 0.5) is 0 Å². The number of sulfonamides is 1. The number of fused-ring (bicyclic) bond motifs is 1. The largest absolute Gasteiger partial charge is 1.00 e. The van der Waals surface area contributed by atoms with Crippen molar-refractivity contribution in [2.75, 3.05) is 6.54 Å². The minimum Gasteiger partial charge on any atom is -0.550 e. The molecule has 0 radical (unpaired) electrons. The van der Waals surface area contributed by atoms with Gasteiger partial charge in [-0.15, -0.1) is 0 Å². The molecule has 3 rings (SSSR count). The number of hydroxylamine groups is 2. The predicted molar refractivity (Wildman–Crippen MR) is 102 cm³/mol. The van der Waals surface area contributed by atoms with Crippen molar-refractivity contribution in [1.82, 2.24) is 9.79 Å². The van der Waals surface area contributed by atoms with E-state index in [1.807, 2.05) is 6.07 Å². The van der Waals surface area contributed by atoms with Crippen LogP contribution in [0.2, 0.25) is 0 Å². The van der Waals surface area contributed by atoms with Gasteiger partial charge in [0.05, 0.1) is 11.4 Å². The molecule has 0 saturated heterocycles. The fourth-order valence-corrected chi connectivity index (χ4v) is 4.47. The smallest absolute Gasteiger partial charge is 0.550 e. The topological polar surface area (TPSA) is 116 Å². The Labute approximate surface area is 197 Å². The van der Waals surface area contributed by atoms with Crippen molar-refractivity contribution in [2.45, 2.75) is 37.1 Å². The second kappa shape index (κ2) is 10.4. The minimum atomic E-state index is -3.61. The van der Waals surface area contributed by atoms with Crippen LogP contribution in [0.5, 0.6) is 5.75 Å². The van der Waals surface area contributed by atoms with Crippen LogP contribution in [0.25, 0.3) is 0 Å². The molecule has 0 heterocycles. The van der Waals surface area contributed by atoms with Gasteiger partial charge in [0.2, 0.25) is 10.0 Å². The monoisotopic (exact) mass is 440 g/mol. The molecule has 1 aliphatic carbocycles. The average Bonchev–Trinajstić information content (AvgIpc) is 3.06. The minimum absolute atomic E-state index is 0. The molecule has 1 aliphatic rings. The normalized spacial score (nSPS) is 15.0. The van der Waals surface area contributed by atoms with E-state index < -0.39 is 21.9 Å². The zero-order chi connectivity index (χ0) is 21.0. The van der Waals surface area contributed by atoms with E-state index in [1.165, 1.54) is 6.92 Å². The molecular formula is C20H21N2NaO6S. The van der Waals surface area contributed by atoms with Gasteiger partial charge in [-0.2, -0.15) is 5.06 Å². The molecule has 2 aromatic rings. The third kappa shape index (κ3) is 6.29. The summed E-state index contributed by atoms with van der Waals surface area (Å²) in [6, 6.07) is 13.1. The number of aliphatic carboxylic acids is 1. The van der Waals surface area contributed by atoms with Gasteiger partial charge in [-0.3, -0.25) is 4.79 Å². The maximum absolute atomic E-state index is 12.5. The van der Waals surface area contributed by atoms with Gasteiger partial charge in [-0.25, -0.2) is 13.1 Å². The number of benzene rings is 2. The molecule has 1 unspecified atom stereocenters. The molecule has 0 aromatic heterocycles. The van der Waals surface area contributed by atoms with Gasteiger partial charge in [-0.05, 0) is 48.2 Å². The van der Waals surface area contributed by atoms with Gasteiger partial charge >= 0.3 is 29.6 Å². The first-order valence-corrected chi connectivity index (χ1v) is 10.6. The van der Waals surface area contributed by atoms with Crippen LogP contribution in [-0.2, 0) is 32.5 Å². The Balaban J connectivity index is 0.00000320. The summed E-state index contributed by atoms with van der Waals surface area (Å²) in [4.78, 5) is 28.0. The molecule has 8 nitrogen and oxygen atoms in total. The molecule has 1 atom stereocenters. The van der Waals surface area contributed by atoms with Crippen molar-refractivity contribution in [3.63, 3.8) is 0 Å². The van der Waals surface area contributed by atoms with Crippen molar-refractivity contribution in [3.8, 4) is 5.75 Å². The number of carbonyl (C=O) groups excluding carboxylic acids is 2. The van der Waals surface area contributed by atoms with Gasteiger partial charge in [0, 0.05) is 25.4 Å². The van der Waals surface area contributed by atoms with E-state index in [0.29, 0.717) is 18.6 Å². The van der Waals surface area contributed by atoms with Crippen LogP contribution in [0.3, 0.4) is 0 Å². The van der Waals surface area contributed by atoms with Gasteiger partial charge < -0.3 is 14.7 Å². The third-order valence-electron chi connectivity index (χ3n) is 4.57. The quantitative estimate of drug-likeness (QED) is 0.356. The number of rotatable bonds is 8. The number of hydrogen-bond donors (Lipinski definition) is 1. The van der Waals surface area contributed by atoms with Crippen LogP contribution in [-0.4, -0.2) is 37.9 Å². The van der Waals surface area contributed by atoms with Crippen molar-refractivity contribution in [2.24, 2.45) is 0 Å². The Morgan fingerprint density at radius 1 is 1.13 bits per heavy atom. The van der Waals surface area contributed by atoms with Crippen LogP contribution < -0.4 is 44.2 Å². The van der Waals surface area contributed by atoms with Crippen molar-refractivity contribution >= 4 is 21.9 Å². The van der Waals surface area contributed by atoms with E-state index in [0.717, 1.165) is 16.2 Å². The molecule has 0 bridgehead atoms. The van der Waals surface area contributed by atoms with Crippen LogP contribution in [0.1, 0.15) is 24.5 Å². The van der Waals surface area contributed by atoms with Gasteiger partial charge in [0.1, 0.15) is 0 Å². The summed E-state index contributed by atoms with van der Waals surface area (Å²) in [5.41, 5.74) is 1.90. The zero-order valence-corrected chi connectivity index (χ0v) is 19.6. The molecule has 30 heavy (non-hydrogen) atoms. The fourth-order valence-electron chi connectivity index (χ4n) is 3.21. The summed E-state index contributed by atoms with van der Waals surface area (Å²) in [6.45, 7) is 1.14. The molecular weight excluding hydrogens is 419 g/mol. The first-order chi connectivity index (χ1) is 13.7. The number of amides is 1. The molecule has 1 amide bonds. The Hall–Kier alpha value is -1.91. The van der Waals surface area contributed by atoms with Crippen molar-refractivity contribution < 1.29 is 57.5 Å². The SMILES string of the molecule is CC(=O)N(CCC(=O)[O-])Oc1ccc2c(c1)CC(NS(=O)(=O)c1ccccc1)C2.[Na+]. The second-order valence-electron chi connectivity index (χ2n) is 6.80. The molecule has 154 valence electrons. The summed E-state index contributed by atoms with van der Waals surface area (Å²) in [5, 5.41) is 11.6. The summed E-state index contributed by atoms with van der Waals surface area (Å²) < 4.78 is 27.8. The number of nitrogens with one attached hydrogen (secondary N) is 1. The molecule has 0 spiro atoms. The average molecular weight is 440 g/mol. The standard InChI is InChI=1S/C20H22N2O6S.Na/c1-14(23)22(10-9-20(24)25)28-18-8-7-15-11-17(12-16(15)13-18)21-29(26,27)19-5-3-2-4-6-19;/h2-8,13,17,21H,9-12H2,1H3,(H,24,25);/q;+1/p-1. The molecule has 2 aromatic carbocycles. The Kier molecular flexibility index (Phi) is 8.45. The predicted octanol–water partition coefficient (Wildman–Crippen LogP) is -2.58. The van der Waals surface area contributed by atoms with Gasteiger partial charge in [0.15, 0.2) is 5.75 Å². The number of carbonyl (C=O) groups is 2. The van der Waals surface area contributed by atoms with E-state index in [9.17, 15) is 23.1 Å². The van der Waals surface area contributed by atoms with E-state index >= 15 is 0 Å². The van der Waals surface area contributed by atoms with E-state index in [1.54, 1.807) is 42.5 Å². The number of hydrogen-bond acceptors (Lipinski definition) is 6. The Morgan fingerprint density at radius 3 is 2.43 bits per heavy atom. The molecule has 1 N–H and O–H groups in total. The van der Waals surface area contributed by atoms with Crippen molar-refractivity contribution in [3.05, 3.63) is 59.7 Å². The fraction of sp³-hybridized carbons (Fsp3) is 0.300. The van der Waals surface area contributed by atoms with Gasteiger partial charge in [-0.1, -0.05) is 24.3 Å². The van der Waals surface area contributed by atoms with E-state index in [2.05, 4.69) is 4.72 Å². The number of carboxylic acids is 1. The third-order valence-corrected chi connectivity index (χ3v) is 6.11. The zero-order valence-electron chi connectivity index (χ0n) is 16.8. The molecule has 0 saturated carbocycles. The second-order valence-corrected chi connectivity index (χ2v) is 8.52. The van der Waals surface area contributed by atoms with Crippen LogP contribution in [0.15, 0.2) is 53.4 Å². The van der Waals surface area contributed by atoms with Gasteiger partial charge in [0.25, 0.3) is 5.91 Å². The molecule has 0 fully saturated rings. The van der Waals surface area contributed by atoms with Crippen LogP contribution in [0, 0.1) is 0 Å². The maximum atomic E-state index is 12.5. The molecule has 0 aliphatic heterocycles. The van der Waals surface area contributed by atoms with E-state index in [4.69, 9.17) is 4.84 Å². The van der Waals surface area contributed by atoms with E-state index in [-0.39, 0.29) is 53.5 Å². The number of nitrogens with zero attached hydrogens (tertiary/aromatic N) is 1. The maximum Gasteiger partial charge on any atom is 1.00 e. The van der Waals surface area contributed by atoms with Crippen LogP contribution >= 0.6 is 0 Å². The van der Waals surface area contributed by atoms with Crippen molar-refractivity contribution in [1.29, 1.82) is 0 Å². The Bertz CT molecular complexity index is 1010.